The topological polar surface area (TPSA) is 78.9 Å². The molecular formula is C59H104O6. The Morgan fingerprint density at radius 2 is 0.646 bits per heavy atom. The van der Waals surface area contributed by atoms with E-state index >= 15 is 0 Å². The summed E-state index contributed by atoms with van der Waals surface area (Å²) in [6.07, 6.45) is 66.4. The monoisotopic (exact) mass is 909 g/mol. The third-order valence-corrected chi connectivity index (χ3v) is 12.0. The zero-order valence-corrected chi connectivity index (χ0v) is 43.0. The number of allylic oxidation sites excluding steroid dienone is 10. The lowest BCUT2D eigenvalue weighted by molar-refractivity contribution is -0.167. The van der Waals surface area contributed by atoms with E-state index in [-0.39, 0.29) is 31.1 Å². The quantitative estimate of drug-likeness (QED) is 0.0199. The SMILES string of the molecule is CC/C=C\C/C=C\C/C=C\CCCCCCC(=O)OCC(COC(=O)CCCCCCCCCCCCCCCCCCC)OC(=O)CCCCC/C=C\C=C/CCCCCCCCC. The number of hydrogen-bond acceptors (Lipinski definition) is 6. The van der Waals surface area contributed by atoms with Crippen LogP contribution in [0.1, 0.15) is 278 Å². The van der Waals surface area contributed by atoms with Crippen LogP contribution in [0, 0.1) is 0 Å². The summed E-state index contributed by atoms with van der Waals surface area (Å²) in [5.41, 5.74) is 0. The number of hydrogen-bond donors (Lipinski definition) is 0. The number of ether oxygens (including phenoxy) is 3. The molecule has 0 saturated carbocycles. The van der Waals surface area contributed by atoms with Crippen molar-refractivity contribution < 1.29 is 28.6 Å². The second kappa shape index (κ2) is 53.7. The molecule has 1 atom stereocenters. The zero-order valence-electron chi connectivity index (χ0n) is 43.0. The minimum Gasteiger partial charge on any atom is -0.462 e. The van der Waals surface area contributed by atoms with Gasteiger partial charge in [-0.15, -0.1) is 0 Å². The van der Waals surface area contributed by atoms with Gasteiger partial charge in [0, 0.05) is 19.3 Å². The van der Waals surface area contributed by atoms with Crippen LogP contribution in [0.25, 0.3) is 0 Å². The van der Waals surface area contributed by atoms with Crippen LogP contribution in [-0.4, -0.2) is 37.2 Å². The first-order valence-electron chi connectivity index (χ1n) is 27.8. The first kappa shape index (κ1) is 62.1. The van der Waals surface area contributed by atoms with Crippen molar-refractivity contribution in [3.8, 4) is 0 Å². The highest BCUT2D eigenvalue weighted by atomic mass is 16.6. The van der Waals surface area contributed by atoms with Gasteiger partial charge in [0.2, 0.25) is 0 Å². The molecule has 1 unspecified atom stereocenters. The van der Waals surface area contributed by atoms with E-state index in [2.05, 4.69) is 81.5 Å². The average Bonchev–Trinajstić information content (AvgIpc) is 3.30. The van der Waals surface area contributed by atoms with E-state index in [0.717, 1.165) is 103 Å². The average molecular weight is 909 g/mol. The second-order valence-corrected chi connectivity index (χ2v) is 18.5. The molecule has 0 aliphatic heterocycles. The largest absolute Gasteiger partial charge is 0.462 e. The van der Waals surface area contributed by atoms with E-state index in [1.165, 1.54) is 135 Å². The van der Waals surface area contributed by atoms with Crippen LogP contribution < -0.4 is 0 Å². The summed E-state index contributed by atoms with van der Waals surface area (Å²) in [7, 11) is 0. The number of carbonyl (C=O) groups excluding carboxylic acids is 3. The lowest BCUT2D eigenvalue weighted by Gasteiger charge is -2.18. The molecule has 0 aromatic rings. The van der Waals surface area contributed by atoms with Gasteiger partial charge in [0.05, 0.1) is 0 Å². The zero-order chi connectivity index (χ0) is 47.2. The molecule has 0 fully saturated rings. The van der Waals surface area contributed by atoms with Crippen molar-refractivity contribution >= 4 is 17.9 Å². The second-order valence-electron chi connectivity index (χ2n) is 18.5. The van der Waals surface area contributed by atoms with Crippen molar-refractivity contribution in [3.63, 3.8) is 0 Å². The maximum atomic E-state index is 12.8. The molecule has 65 heavy (non-hydrogen) atoms. The van der Waals surface area contributed by atoms with Crippen LogP contribution in [0.4, 0.5) is 0 Å². The Bertz CT molecular complexity index is 1180. The van der Waals surface area contributed by atoms with Gasteiger partial charge in [0.25, 0.3) is 0 Å². The highest BCUT2D eigenvalue weighted by Crippen LogP contribution is 2.16. The molecule has 0 aliphatic carbocycles. The van der Waals surface area contributed by atoms with Gasteiger partial charge in [0.15, 0.2) is 6.10 Å². The molecule has 0 aromatic carbocycles. The van der Waals surface area contributed by atoms with Crippen molar-refractivity contribution in [2.75, 3.05) is 13.2 Å². The van der Waals surface area contributed by atoms with E-state index in [4.69, 9.17) is 14.2 Å². The standard InChI is InChI=1S/C59H104O6/c1-4-7-10-13-16-19-22-25-28-30-32-34-37-40-43-46-49-52-58(61)64-55-56(54-63-57(60)51-48-45-42-39-36-33-27-24-21-18-15-12-9-6-3)65-59(62)53-50-47-44-41-38-35-31-29-26-23-20-17-14-11-8-5-2/h9,12,18,21,27,29,31,33,35,38,56H,4-8,10-11,13-17,19-20,22-26,28,30,32,34,36-37,39-55H2,1-3H3/b12-9-,21-18-,31-29-,33-27-,38-35-. The molecule has 0 heterocycles. The van der Waals surface area contributed by atoms with E-state index < -0.39 is 6.10 Å². The van der Waals surface area contributed by atoms with Crippen LogP contribution in [0.2, 0.25) is 0 Å². The number of carbonyl (C=O) groups is 3. The minimum atomic E-state index is -0.795. The van der Waals surface area contributed by atoms with Crippen LogP contribution in [0.15, 0.2) is 60.8 Å². The number of unbranched alkanes of at least 4 members (excludes halogenated alkanes) is 30. The Kier molecular flexibility index (Phi) is 51.3. The van der Waals surface area contributed by atoms with Crippen molar-refractivity contribution in [3.05, 3.63) is 60.8 Å². The van der Waals surface area contributed by atoms with Gasteiger partial charge < -0.3 is 14.2 Å². The third-order valence-electron chi connectivity index (χ3n) is 12.0. The highest BCUT2D eigenvalue weighted by molar-refractivity contribution is 5.71. The summed E-state index contributed by atoms with van der Waals surface area (Å²) in [6, 6.07) is 0. The normalized spacial score (nSPS) is 12.5. The fourth-order valence-electron chi connectivity index (χ4n) is 7.86. The fraction of sp³-hybridized carbons (Fsp3) is 0.780. The molecule has 0 bridgehead atoms. The Labute approximate surface area is 402 Å². The predicted molar refractivity (Wildman–Crippen MR) is 279 cm³/mol. The Morgan fingerprint density at radius 3 is 1.05 bits per heavy atom. The summed E-state index contributed by atoms with van der Waals surface area (Å²) in [5.74, 6) is -0.930. The lowest BCUT2D eigenvalue weighted by atomic mass is 10.0. The molecule has 0 N–H and O–H groups in total. The minimum absolute atomic E-state index is 0.0900. The van der Waals surface area contributed by atoms with Gasteiger partial charge in [0.1, 0.15) is 13.2 Å². The lowest BCUT2D eigenvalue weighted by Crippen LogP contribution is -2.30. The summed E-state index contributed by atoms with van der Waals surface area (Å²) in [6.45, 7) is 6.50. The Hall–Kier alpha value is -2.89. The van der Waals surface area contributed by atoms with Crippen molar-refractivity contribution in [2.24, 2.45) is 0 Å². The van der Waals surface area contributed by atoms with Gasteiger partial charge in [-0.1, -0.05) is 242 Å². The molecule has 0 aromatic heterocycles. The molecule has 6 heteroatoms. The molecule has 0 saturated heterocycles. The van der Waals surface area contributed by atoms with Crippen molar-refractivity contribution in [1.29, 1.82) is 0 Å². The summed E-state index contributed by atoms with van der Waals surface area (Å²) in [5, 5.41) is 0. The molecule has 0 radical (unpaired) electrons. The van der Waals surface area contributed by atoms with Gasteiger partial charge in [-0.2, -0.15) is 0 Å². The maximum absolute atomic E-state index is 12.8. The molecule has 376 valence electrons. The number of esters is 3. The van der Waals surface area contributed by atoms with Gasteiger partial charge in [-0.25, -0.2) is 0 Å². The van der Waals surface area contributed by atoms with Crippen LogP contribution in [0.5, 0.6) is 0 Å². The summed E-state index contributed by atoms with van der Waals surface area (Å²) < 4.78 is 16.8. The van der Waals surface area contributed by atoms with Crippen LogP contribution in [-0.2, 0) is 28.6 Å². The Balaban J connectivity index is 4.42. The van der Waals surface area contributed by atoms with Crippen LogP contribution in [0.3, 0.4) is 0 Å². The molecular weight excluding hydrogens is 805 g/mol. The van der Waals surface area contributed by atoms with Gasteiger partial charge in [-0.05, 0) is 77.0 Å². The first-order chi connectivity index (χ1) is 32.0. The molecule has 0 spiro atoms. The highest BCUT2D eigenvalue weighted by Gasteiger charge is 2.19. The molecule has 6 nitrogen and oxygen atoms in total. The van der Waals surface area contributed by atoms with E-state index in [1.54, 1.807) is 0 Å². The van der Waals surface area contributed by atoms with Crippen molar-refractivity contribution in [1.82, 2.24) is 0 Å². The van der Waals surface area contributed by atoms with E-state index in [0.29, 0.717) is 19.3 Å². The Morgan fingerprint density at radius 1 is 0.338 bits per heavy atom. The van der Waals surface area contributed by atoms with E-state index in [1.807, 2.05) is 0 Å². The summed E-state index contributed by atoms with van der Waals surface area (Å²) >= 11 is 0. The van der Waals surface area contributed by atoms with Gasteiger partial charge >= 0.3 is 17.9 Å². The maximum Gasteiger partial charge on any atom is 0.306 e. The summed E-state index contributed by atoms with van der Waals surface area (Å²) in [4.78, 5) is 38.1. The van der Waals surface area contributed by atoms with Crippen molar-refractivity contribution in [2.45, 2.75) is 284 Å². The first-order valence-corrected chi connectivity index (χ1v) is 27.8. The number of rotatable bonds is 50. The third kappa shape index (κ3) is 51.9. The van der Waals surface area contributed by atoms with E-state index in [9.17, 15) is 14.4 Å². The smallest absolute Gasteiger partial charge is 0.306 e. The van der Waals surface area contributed by atoms with Crippen LogP contribution >= 0.6 is 0 Å². The fourth-order valence-corrected chi connectivity index (χ4v) is 7.86. The predicted octanol–water partition coefficient (Wildman–Crippen LogP) is 18.4. The van der Waals surface area contributed by atoms with Gasteiger partial charge in [-0.3, -0.25) is 14.4 Å². The molecule has 0 amide bonds. The molecule has 0 rings (SSSR count). The molecule has 0 aliphatic rings.